The quantitative estimate of drug-likeness (QED) is 0.321. The van der Waals surface area contributed by atoms with Gasteiger partial charge in [0.25, 0.3) is 5.91 Å². The first kappa shape index (κ1) is 26.3. The summed E-state index contributed by atoms with van der Waals surface area (Å²) in [5, 5.41) is 1.73. The molecule has 1 saturated carbocycles. The first-order valence-corrected chi connectivity index (χ1v) is 10.9. The predicted molar refractivity (Wildman–Crippen MR) is 118 cm³/mol. The van der Waals surface area contributed by atoms with Crippen molar-refractivity contribution in [3.63, 3.8) is 0 Å². The molecule has 1 N–H and O–H groups in total. The summed E-state index contributed by atoms with van der Waals surface area (Å²) in [6, 6.07) is 4.77. The van der Waals surface area contributed by atoms with Gasteiger partial charge >= 0.3 is 6.18 Å². The molecule has 1 atom stereocenters. The van der Waals surface area contributed by atoms with E-state index in [2.05, 4.69) is 0 Å². The standard InChI is InChI=1S/C24H21ClF3NO6/c1-23(2)10-17(30)13(18(31)11-23)9-14(20(32)19-4-3-7-35-19)21(33)22(34)29-16-8-12(24(26,27)28)5-6-15(16)25/h3-8,13-14H,9-11H2,1-2H3,(H,29,34)/t14-/m0/s1. The van der Waals surface area contributed by atoms with Gasteiger partial charge in [-0.25, -0.2) is 0 Å². The summed E-state index contributed by atoms with van der Waals surface area (Å²) in [6.45, 7) is 3.48. The van der Waals surface area contributed by atoms with E-state index in [1.54, 1.807) is 13.8 Å². The highest BCUT2D eigenvalue weighted by molar-refractivity contribution is 6.46. The second-order valence-electron chi connectivity index (χ2n) is 9.14. The third-order valence-corrected chi connectivity index (χ3v) is 6.05. The summed E-state index contributed by atoms with van der Waals surface area (Å²) >= 11 is 5.87. The topological polar surface area (TPSA) is 111 Å². The van der Waals surface area contributed by atoms with E-state index in [-0.39, 0.29) is 23.6 Å². The molecule has 1 heterocycles. The van der Waals surface area contributed by atoms with E-state index >= 15 is 0 Å². The lowest BCUT2D eigenvalue weighted by Crippen LogP contribution is -2.42. The van der Waals surface area contributed by atoms with Gasteiger partial charge < -0.3 is 9.73 Å². The summed E-state index contributed by atoms with van der Waals surface area (Å²) in [7, 11) is 0. The molecule has 2 aromatic rings. The number of Topliss-reactive ketones (excluding diaryl/α,β-unsaturated/α-hetero) is 4. The maximum Gasteiger partial charge on any atom is 0.416 e. The van der Waals surface area contributed by atoms with Gasteiger partial charge in [-0.3, -0.25) is 24.0 Å². The number of amides is 1. The fourth-order valence-corrected chi connectivity index (χ4v) is 4.16. The Hall–Kier alpha value is -3.27. The molecule has 0 spiro atoms. The molecule has 1 aromatic heterocycles. The number of halogens is 4. The molecule has 0 unspecified atom stereocenters. The molecule has 1 fully saturated rings. The molecule has 11 heteroatoms. The summed E-state index contributed by atoms with van der Waals surface area (Å²) in [4.78, 5) is 64.0. The number of nitrogens with one attached hydrogen (secondary N) is 1. The van der Waals surface area contributed by atoms with Crippen LogP contribution in [0.2, 0.25) is 5.02 Å². The maximum absolute atomic E-state index is 13.0. The number of benzene rings is 1. The number of hydrogen-bond acceptors (Lipinski definition) is 6. The van der Waals surface area contributed by atoms with E-state index in [4.69, 9.17) is 16.0 Å². The van der Waals surface area contributed by atoms with Gasteiger partial charge in [-0.15, -0.1) is 0 Å². The zero-order chi connectivity index (χ0) is 26.1. The van der Waals surface area contributed by atoms with E-state index in [0.29, 0.717) is 12.1 Å². The molecule has 186 valence electrons. The molecule has 1 amide bonds. The Balaban J connectivity index is 1.89. The first-order chi connectivity index (χ1) is 16.2. The van der Waals surface area contributed by atoms with Gasteiger partial charge in [0.05, 0.1) is 34.4 Å². The summed E-state index contributed by atoms with van der Waals surface area (Å²) < 4.78 is 44.1. The van der Waals surface area contributed by atoms with Gasteiger partial charge in [-0.05, 0) is 42.2 Å². The van der Waals surface area contributed by atoms with Crippen molar-refractivity contribution in [2.24, 2.45) is 17.3 Å². The highest BCUT2D eigenvalue weighted by atomic mass is 35.5. The third kappa shape index (κ3) is 6.05. The number of alkyl halides is 3. The van der Waals surface area contributed by atoms with Crippen LogP contribution in [0, 0.1) is 17.3 Å². The van der Waals surface area contributed by atoms with Crippen LogP contribution in [-0.4, -0.2) is 29.0 Å². The SMILES string of the molecule is CC1(C)CC(=O)C(C[C@H](C(=O)C(=O)Nc2cc(C(F)(F)F)ccc2Cl)C(=O)c2ccco2)C(=O)C1. The van der Waals surface area contributed by atoms with Crippen LogP contribution in [0.15, 0.2) is 41.0 Å². The third-order valence-electron chi connectivity index (χ3n) is 5.72. The molecule has 1 aliphatic rings. The Labute approximate surface area is 203 Å². The Morgan fingerprint density at radius 3 is 2.31 bits per heavy atom. The zero-order valence-electron chi connectivity index (χ0n) is 18.7. The first-order valence-electron chi connectivity index (χ1n) is 10.5. The number of furan rings is 1. The van der Waals surface area contributed by atoms with Crippen molar-refractivity contribution in [2.45, 2.75) is 39.3 Å². The number of anilines is 1. The zero-order valence-corrected chi connectivity index (χ0v) is 19.5. The number of hydrogen-bond donors (Lipinski definition) is 1. The Morgan fingerprint density at radius 1 is 1.14 bits per heavy atom. The normalized spacial score (nSPS) is 17.2. The van der Waals surface area contributed by atoms with E-state index in [1.807, 2.05) is 5.32 Å². The summed E-state index contributed by atoms with van der Waals surface area (Å²) in [5.41, 5.74) is -2.18. The van der Waals surface area contributed by atoms with Gasteiger partial charge in [0.2, 0.25) is 11.6 Å². The van der Waals surface area contributed by atoms with Crippen molar-refractivity contribution >= 4 is 46.3 Å². The molecule has 1 aromatic carbocycles. The predicted octanol–water partition coefficient (Wildman–Crippen LogP) is 4.92. The van der Waals surface area contributed by atoms with Crippen LogP contribution in [0.3, 0.4) is 0 Å². The van der Waals surface area contributed by atoms with Crippen LogP contribution in [0.5, 0.6) is 0 Å². The molecule has 3 rings (SSSR count). The fraction of sp³-hybridized carbons (Fsp3) is 0.375. The van der Waals surface area contributed by atoms with E-state index < -0.39 is 70.1 Å². The van der Waals surface area contributed by atoms with Gasteiger partial charge in [0, 0.05) is 12.8 Å². The minimum atomic E-state index is -4.73. The van der Waals surface area contributed by atoms with E-state index in [0.717, 1.165) is 12.3 Å². The lowest BCUT2D eigenvalue weighted by atomic mass is 9.68. The van der Waals surface area contributed by atoms with Gasteiger partial charge in [0.1, 0.15) is 11.6 Å². The van der Waals surface area contributed by atoms with Crippen LogP contribution >= 0.6 is 11.6 Å². The van der Waals surface area contributed by atoms with Crippen LogP contribution in [0.1, 0.15) is 49.2 Å². The molecule has 0 bridgehead atoms. The molecule has 1 aliphatic carbocycles. The fourth-order valence-electron chi connectivity index (χ4n) is 3.99. The number of ketones is 4. The lowest BCUT2D eigenvalue weighted by molar-refractivity contribution is -0.142. The Bertz CT molecular complexity index is 1170. The average molecular weight is 512 g/mol. The number of rotatable bonds is 7. The summed E-state index contributed by atoms with van der Waals surface area (Å²) in [6.07, 6.45) is -4.04. The molecule has 0 saturated heterocycles. The minimum absolute atomic E-state index is 0.0469. The molecule has 7 nitrogen and oxygen atoms in total. The van der Waals surface area contributed by atoms with Crippen LogP contribution in [0.4, 0.5) is 18.9 Å². The van der Waals surface area contributed by atoms with Crippen LogP contribution < -0.4 is 5.32 Å². The smallest absolute Gasteiger partial charge is 0.416 e. The van der Waals surface area contributed by atoms with Crippen LogP contribution in [-0.2, 0) is 25.4 Å². The molecular weight excluding hydrogens is 491 g/mol. The Morgan fingerprint density at radius 2 is 1.77 bits per heavy atom. The largest absolute Gasteiger partial charge is 0.461 e. The van der Waals surface area contributed by atoms with Crippen molar-refractivity contribution in [2.75, 3.05) is 5.32 Å². The van der Waals surface area contributed by atoms with Gasteiger partial charge in [-0.1, -0.05) is 25.4 Å². The Kier molecular flexibility index (Phi) is 7.35. The van der Waals surface area contributed by atoms with Crippen molar-refractivity contribution in [1.29, 1.82) is 0 Å². The van der Waals surface area contributed by atoms with Crippen LogP contribution in [0.25, 0.3) is 0 Å². The lowest BCUT2D eigenvalue weighted by Gasteiger charge is -2.32. The van der Waals surface area contributed by atoms with Crippen molar-refractivity contribution in [3.05, 3.63) is 52.9 Å². The van der Waals surface area contributed by atoms with Crippen molar-refractivity contribution < 1.29 is 41.6 Å². The molecule has 0 radical (unpaired) electrons. The highest BCUT2D eigenvalue weighted by Crippen LogP contribution is 2.37. The van der Waals surface area contributed by atoms with Gasteiger partial charge in [0.15, 0.2) is 5.76 Å². The maximum atomic E-state index is 13.0. The number of carbonyl (C=O) groups is 5. The van der Waals surface area contributed by atoms with E-state index in [9.17, 15) is 37.1 Å². The number of carbonyl (C=O) groups excluding carboxylic acids is 5. The summed E-state index contributed by atoms with van der Waals surface area (Å²) in [5.74, 6) is -7.95. The molecule has 0 aliphatic heterocycles. The molecule has 35 heavy (non-hydrogen) atoms. The molecular formula is C24H21ClF3NO6. The van der Waals surface area contributed by atoms with Gasteiger partial charge in [-0.2, -0.15) is 13.2 Å². The average Bonchev–Trinajstić information content (AvgIpc) is 3.27. The highest BCUT2D eigenvalue weighted by Gasteiger charge is 2.44. The van der Waals surface area contributed by atoms with E-state index in [1.165, 1.54) is 12.1 Å². The second-order valence-corrected chi connectivity index (χ2v) is 9.55. The minimum Gasteiger partial charge on any atom is -0.461 e. The van der Waals surface area contributed by atoms with Crippen molar-refractivity contribution in [3.8, 4) is 0 Å². The monoisotopic (exact) mass is 511 g/mol. The van der Waals surface area contributed by atoms with Crippen molar-refractivity contribution in [1.82, 2.24) is 0 Å². The second kappa shape index (κ2) is 9.77.